The number of para-hydroxylation sites is 1. The van der Waals surface area contributed by atoms with Crippen molar-refractivity contribution in [3.05, 3.63) is 29.3 Å². The zero-order valence-electron chi connectivity index (χ0n) is 10.9. The predicted molar refractivity (Wildman–Crippen MR) is 68.5 cm³/mol. The van der Waals surface area contributed by atoms with Crippen LogP contribution in [0.3, 0.4) is 0 Å². The van der Waals surface area contributed by atoms with E-state index in [-0.39, 0.29) is 12.6 Å². The van der Waals surface area contributed by atoms with E-state index in [4.69, 9.17) is 4.74 Å². The number of cyclic esters (lactones) is 1. The Kier molecular flexibility index (Phi) is 3.36. The Balaban J connectivity index is 2.52. The number of rotatable bonds is 2. The molecule has 0 N–H and O–H groups in total. The van der Waals surface area contributed by atoms with Crippen LogP contribution >= 0.6 is 0 Å². The molecule has 1 unspecified atom stereocenters. The molecule has 1 heterocycles. The molecule has 18 heavy (non-hydrogen) atoms. The van der Waals surface area contributed by atoms with Crippen molar-refractivity contribution in [1.29, 1.82) is 0 Å². The second kappa shape index (κ2) is 4.80. The molecular formula is C14H17NO3. The van der Waals surface area contributed by atoms with Gasteiger partial charge in [0.15, 0.2) is 0 Å². The zero-order valence-corrected chi connectivity index (χ0v) is 10.9. The van der Waals surface area contributed by atoms with Crippen LogP contribution in [-0.4, -0.2) is 24.5 Å². The van der Waals surface area contributed by atoms with Gasteiger partial charge in [-0.1, -0.05) is 25.1 Å². The van der Waals surface area contributed by atoms with Crippen molar-refractivity contribution >= 4 is 17.6 Å². The van der Waals surface area contributed by atoms with E-state index in [1.54, 1.807) is 4.90 Å². The van der Waals surface area contributed by atoms with Gasteiger partial charge in [0.25, 0.3) is 0 Å². The van der Waals surface area contributed by atoms with Gasteiger partial charge < -0.3 is 4.74 Å². The summed E-state index contributed by atoms with van der Waals surface area (Å²) < 4.78 is 4.84. The average molecular weight is 247 g/mol. The highest BCUT2D eigenvalue weighted by molar-refractivity contribution is 6.39. The van der Waals surface area contributed by atoms with Crippen LogP contribution in [0.25, 0.3) is 0 Å². The minimum atomic E-state index is -0.765. The Labute approximate surface area is 107 Å². The molecule has 1 saturated heterocycles. The van der Waals surface area contributed by atoms with Gasteiger partial charge in [0.05, 0.1) is 11.7 Å². The lowest BCUT2D eigenvalue weighted by Gasteiger charge is -2.34. The summed E-state index contributed by atoms with van der Waals surface area (Å²) in [5, 5.41) is 0. The summed E-state index contributed by atoms with van der Waals surface area (Å²) >= 11 is 0. The number of esters is 1. The van der Waals surface area contributed by atoms with Crippen molar-refractivity contribution in [2.24, 2.45) is 0 Å². The number of hydrogen-bond acceptors (Lipinski definition) is 3. The first kappa shape index (κ1) is 12.6. The van der Waals surface area contributed by atoms with Gasteiger partial charge in [0.1, 0.15) is 6.61 Å². The van der Waals surface area contributed by atoms with Crippen LogP contribution in [-0.2, 0) is 20.7 Å². The molecule has 2 rings (SSSR count). The molecular weight excluding hydrogens is 230 g/mol. The van der Waals surface area contributed by atoms with Crippen molar-refractivity contribution in [2.75, 3.05) is 11.5 Å². The van der Waals surface area contributed by atoms with Crippen molar-refractivity contribution in [2.45, 2.75) is 33.2 Å². The number of carbonyl (C=O) groups is 2. The van der Waals surface area contributed by atoms with Crippen molar-refractivity contribution in [1.82, 2.24) is 0 Å². The molecule has 1 aromatic carbocycles. The highest BCUT2D eigenvalue weighted by Crippen LogP contribution is 2.29. The molecule has 1 aliphatic heterocycles. The van der Waals surface area contributed by atoms with Gasteiger partial charge in [-0.05, 0) is 31.4 Å². The summed E-state index contributed by atoms with van der Waals surface area (Å²) in [7, 11) is 0. The minimum absolute atomic E-state index is 0.124. The quantitative estimate of drug-likeness (QED) is 0.591. The maximum atomic E-state index is 12.0. The molecule has 1 amide bonds. The SMILES string of the molecule is CCc1cccc(C)c1N1C(=O)C(=O)OCC1C. The summed E-state index contributed by atoms with van der Waals surface area (Å²) in [6.45, 7) is 6.13. The molecule has 0 aliphatic carbocycles. The number of aryl methyl sites for hydroxylation is 2. The molecule has 0 aromatic heterocycles. The summed E-state index contributed by atoms with van der Waals surface area (Å²) in [5.41, 5.74) is 2.93. The van der Waals surface area contributed by atoms with Crippen LogP contribution in [0.1, 0.15) is 25.0 Å². The lowest BCUT2D eigenvalue weighted by Crippen LogP contribution is -2.51. The average Bonchev–Trinajstić information content (AvgIpc) is 2.36. The third-order valence-corrected chi connectivity index (χ3v) is 3.23. The van der Waals surface area contributed by atoms with Crippen LogP contribution in [0.2, 0.25) is 0 Å². The van der Waals surface area contributed by atoms with E-state index in [0.29, 0.717) is 0 Å². The fourth-order valence-electron chi connectivity index (χ4n) is 2.30. The summed E-state index contributed by atoms with van der Waals surface area (Å²) in [5.74, 6) is -1.34. The molecule has 1 aromatic rings. The van der Waals surface area contributed by atoms with E-state index in [1.165, 1.54) is 0 Å². The van der Waals surface area contributed by atoms with Crippen LogP contribution < -0.4 is 4.90 Å². The first-order chi connectivity index (χ1) is 8.56. The number of anilines is 1. The lowest BCUT2D eigenvalue weighted by atomic mass is 10.0. The fraction of sp³-hybridized carbons (Fsp3) is 0.429. The third-order valence-electron chi connectivity index (χ3n) is 3.23. The van der Waals surface area contributed by atoms with Gasteiger partial charge in [0, 0.05) is 0 Å². The normalized spacial score (nSPS) is 19.9. The smallest absolute Gasteiger partial charge is 0.397 e. The largest absolute Gasteiger partial charge is 0.456 e. The molecule has 0 saturated carbocycles. The minimum Gasteiger partial charge on any atom is -0.456 e. The van der Waals surface area contributed by atoms with E-state index >= 15 is 0 Å². The second-order valence-electron chi connectivity index (χ2n) is 4.56. The lowest BCUT2D eigenvalue weighted by molar-refractivity contribution is -0.157. The van der Waals surface area contributed by atoms with Crippen LogP contribution in [0.4, 0.5) is 5.69 Å². The topological polar surface area (TPSA) is 46.6 Å². The fourth-order valence-corrected chi connectivity index (χ4v) is 2.30. The number of amides is 1. The van der Waals surface area contributed by atoms with E-state index in [2.05, 4.69) is 0 Å². The van der Waals surface area contributed by atoms with Gasteiger partial charge in [-0.15, -0.1) is 0 Å². The van der Waals surface area contributed by atoms with E-state index in [9.17, 15) is 9.59 Å². The Morgan fingerprint density at radius 2 is 2.11 bits per heavy atom. The molecule has 0 spiro atoms. The standard InChI is InChI=1S/C14H17NO3/c1-4-11-7-5-6-9(2)12(11)15-10(3)8-18-14(17)13(15)16/h5-7,10H,4,8H2,1-3H3. The van der Waals surface area contributed by atoms with E-state index in [1.807, 2.05) is 39.0 Å². The van der Waals surface area contributed by atoms with Crippen LogP contribution in [0, 0.1) is 6.92 Å². The zero-order chi connectivity index (χ0) is 13.3. The Morgan fingerprint density at radius 3 is 2.78 bits per heavy atom. The highest BCUT2D eigenvalue weighted by Gasteiger charge is 2.35. The number of hydrogen-bond donors (Lipinski definition) is 0. The third kappa shape index (κ3) is 1.98. The maximum Gasteiger partial charge on any atom is 0.397 e. The molecule has 1 aliphatic rings. The number of ether oxygens (including phenoxy) is 1. The molecule has 96 valence electrons. The maximum absolute atomic E-state index is 12.0. The molecule has 1 fully saturated rings. The van der Waals surface area contributed by atoms with Gasteiger partial charge in [0.2, 0.25) is 0 Å². The van der Waals surface area contributed by atoms with Gasteiger partial charge >= 0.3 is 11.9 Å². The molecule has 4 heteroatoms. The summed E-state index contributed by atoms with van der Waals surface area (Å²) in [4.78, 5) is 25.0. The Hall–Kier alpha value is -1.84. The van der Waals surface area contributed by atoms with Gasteiger partial charge in [-0.25, -0.2) is 4.79 Å². The van der Waals surface area contributed by atoms with Gasteiger partial charge in [-0.2, -0.15) is 0 Å². The van der Waals surface area contributed by atoms with Crippen molar-refractivity contribution in [3.8, 4) is 0 Å². The van der Waals surface area contributed by atoms with Gasteiger partial charge in [-0.3, -0.25) is 9.69 Å². The summed E-state index contributed by atoms with van der Waals surface area (Å²) in [6.07, 6.45) is 0.822. The molecule has 0 radical (unpaired) electrons. The second-order valence-corrected chi connectivity index (χ2v) is 4.56. The number of morpholine rings is 1. The van der Waals surface area contributed by atoms with E-state index in [0.717, 1.165) is 23.2 Å². The van der Waals surface area contributed by atoms with Crippen LogP contribution in [0.15, 0.2) is 18.2 Å². The number of nitrogens with zero attached hydrogens (tertiary/aromatic N) is 1. The Morgan fingerprint density at radius 1 is 1.39 bits per heavy atom. The highest BCUT2D eigenvalue weighted by atomic mass is 16.5. The van der Waals surface area contributed by atoms with Crippen molar-refractivity contribution < 1.29 is 14.3 Å². The number of benzene rings is 1. The molecule has 1 atom stereocenters. The van der Waals surface area contributed by atoms with Crippen LogP contribution in [0.5, 0.6) is 0 Å². The predicted octanol–water partition coefficient (Wildman–Crippen LogP) is 1.84. The Bertz CT molecular complexity index is 496. The molecule has 0 bridgehead atoms. The van der Waals surface area contributed by atoms with E-state index < -0.39 is 11.9 Å². The first-order valence-corrected chi connectivity index (χ1v) is 6.15. The number of carbonyl (C=O) groups excluding carboxylic acids is 2. The van der Waals surface area contributed by atoms with Crippen molar-refractivity contribution in [3.63, 3.8) is 0 Å². The monoisotopic (exact) mass is 247 g/mol. The molecule has 4 nitrogen and oxygen atoms in total. The summed E-state index contributed by atoms with van der Waals surface area (Å²) in [6, 6.07) is 5.78. The first-order valence-electron chi connectivity index (χ1n) is 6.15.